The van der Waals surface area contributed by atoms with E-state index in [0.29, 0.717) is 6.42 Å². The van der Waals surface area contributed by atoms with Crippen LogP contribution in [0, 0.1) is 0 Å². The van der Waals surface area contributed by atoms with E-state index in [0.717, 1.165) is 0 Å². The van der Waals surface area contributed by atoms with Crippen molar-refractivity contribution >= 4 is 25.7 Å². The normalized spacial score (nSPS) is 11.7. The lowest BCUT2D eigenvalue weighted by molar-refractivity contribution is 0.0685. The molecule has 0 atom stereocenters. The van der Waals surface area contributed by atoms with Crippen molar-refractivity contribution in [3.63, 3.8) is 0 Å². The van der Waals surface area contributed by atoms with E-state index in [9.17, 15) is 13.2 Å². The van der Waals surface area contributed by atoms with Crippen molar-refractivity contribution in [2.24, 2.45) is 7.05 Å². The van der Waals surface area contributed by atoms with E-state index in [-0.39, 0.29) is 16.2 Å². The third-order valence-corrected chi connectivity index (χ3v) is 3.44. The van der Waals surface area contributed by atoms with Crippen LogP contribution in [0.25, 0.3) is 0 Å². The van der Waals surface area contributed by atoms with Crippen LogP contribution in [-0.4, -0.2) is 24.1 Å². The van der Waals surface area contributed by atoms with Gasteiger partial charge in [0.05, 0.1) is 0 Å². The second-order valence-electron chi connectivity index (χ2n) is 3.03. The van der Waals surface area contributed by atoms with E-state index >= 15 is 0 Å². The molecule has 0 saturated heterocycles. The molecule has 5 nitrogen and oxygen atoms in total. The summed E-state index contributed by atoms with van der Waals surface area (Å²) in [6, 6.07) is 0. The summed E-state index contributed by atoms with van der Waals surface area (Å²) in [5.74, 6) is -1.17. The first-order valence-corrected chi connectivity index (χ1v) is 6.46. The van der Waals surface area contributed by atoms with Crippen molar-refractivity contribution < 1.29 is 18.3 Å². The predicted octanol–water partition coefficient (Wildman–Crippen LogP) is 1.21. The number of halogens is 1. The van der Waals surface area contributed by atoms with Crippen LogP contribution in [-0.2, 0) is 22.5 Å². The van der Waals surface area contributed by atoms with Gasteiger partial charge in [-0.05, 0) is 6.42 Å². The molecule has 1 aromatic rings. The lowest BCUT2D eigenvalue weighted by atomic mass is 10.2. The van der Waals surface area contributed by atoms with Gasteiger partial charge in [-0.1, -0.05) is 6.92 Å². The minimum atomic E-state index is -3.89. The minimum absolute atomic E-state index is 0.0447. The number of carboxylic acids is 1. The van der Waals surface area contributed by atoms with Gasteiger partial charge in [0.1, 0.15) is 10.6 Å². The third kappa shape index (κ3) is 2.15. The number of rotatable bonds is 3. The van der Waals surface area contributed by atoms with E-state index in [1.165, 1.54) is 17.8 Å². The van der Waals surface area contributed by atoms with Crippen molar-refractivity contribution in [2.45, 2.75) is 18.2 Å². The molecular formula is C8H10ClNO4S. The van der Waals surface area contributed by atoms with E-state index in [1.54, 1.807) is 6.92 Å². The number of carbonyl (C=O) groups is 1. The number of aromatic carboxylic acids is 1. The van der Waals surface area contributed by atoms with Gasteiger partial charge in [-0.2, -0.15) is 0 Å². The average molecular weight is 252 g/mol. The smallest absolute Gasteiger partial charge is 0.352 e. The van der Waals surface area contributed by atoms with Crippen molar-refractivity contribution in [3.05, 3.63) is 17.5 Å². The van der Waals surface area contributed by atoms with Crippen LogP contribution in [0.1, 0.15) is 23.0 Å². The van der Waals surface area contributed by atoms with Gasteiger partial charge in [0.15, 0.2) is 0 Å². The predicted molar refractivity (Wildman–Crippen MR) is 54.8 cm³/mol. The molecule has 0 fully saturated rings. The van der Waals surface area contributed by atoms with Gasteiger partial charge in [-0.3, -0.25) is 0 Å². The molecular weight excluding hydrogens is 242 g/mol. The Kier molecular flexibility index (Phi) is 3.11. The summed E-state index contributed by atoms with van der Waals surface area (Å²) < 4.78 is 23.6. The molecule has 0 amide bonds. The van der Waals surface area contributed by atoms with Gasteiger partial charge >= 0.3 is 5.97 Å². The highest BCUT2D eigenvalue weighted by atomic mass is 35.7. The van der Waals surface area contributed by atoms with Crippen LogP contribution in [0.3, 0.4) is 0 Å². The monoisotopic (exact) mass is 251 g/mol. The van der Waals surface area contributed by atoms with Crippen molar-refractivity contribution in [3.8, 4) is 0 Å². The molecule has 1 aromatic heterocycles. The van der Waals surface area contributed by atoms with Crippen LogP contribution in [0.2, 0.25) is 0 Å². The molecule has 0 bridgehead atoms. The van der Waals surface area contributed by atoms with Crippen LogP contribution in [0.5, 0.6) is 0 Å². The van der Waals surface area contributed by atoms with Gasteiger partial charge in [0.25, 0.3) is 9.05 Å². The standard InChI is InChI=1S/C8H10ClNO4S/c1-3-5-6(15(9,13)14)4-10(2)7(5)8(11)12/h4H,3H2,1-2H3,(H,11,12). The molecule has 0 unspecified atom stereocenters. The van der Waals surface area contributed by atoms with E-state index in [2.05, 4.69) is 0 Å². The summed E-state index contributed by atoms with van der Waals surface area (Å²) in [7, 11) is 2.77. The molecule has 0 aliphatic rings. The Hall–Kier alpha value is -1.01. The Morgan fingerprint density at radius 3 is 2.47 bits per heavy atom. The van der Waals surface area contributed by atoms with Crippen LogP contribution in [0.4, 0.5) is 0 Å². The molecule has 1 N–H and O–H groups in total. The molecule has 1 rings (SSSR count). The SMILES string of the molecule is CCc1c(S(=O)(=O)Cl)cn(C)c1C(=O)O. The summed E-state index contributed by atoms with van der Waals surface area (Å²) >= 11 is 0. The van der Waals surface area contributed by atoms with E-state index in [4.69, 9.17) is 15.8 Å². The van der Waals surface area contributed by atoms with Crippen LogP contribution >= 0.6 is 10.7 Å². The average Bonchev–Trinajstić information content (AvgIpc) is 2.41. The zero-order valence-corrected chi connectivity index (χ0v) is 9.76. The maximum atomic E-state index is 11.2. The Morgan fingerprint density at radius 2 is 2.13 bits per heavy atom. The summed E-state index contributed by atoms with van der Waals surface area (Å²) in [5.41, 5.74) is 0.191. The maximum Gasteiger partial charge on any atom is 0.352 e. The molecule has 84 valence electrons. The van der Waals surface area contributed by atoms with Crippen LogP contribution in [0.15, 0.2) is 11.1 Å². The third-order valence-electron chi connectivity index (χ3n) is 2.07. The number of aryl methyl sites for hydroxylation is 1. The molecule has 0 saturated carbocycles. The minimum Gasteiger partial charge on any atom is -0.477 e. The number of hydrogen-bond acceptors (Lipinski definition) is 3. The summed E-state index contributed by atoms with van der Waals surface area (Å²) in [4.78, 5) is 10.8. The zero-order valence-electron chi connectivity index (χ0n) is 8.19. The van der Waals surface area contributed by atoms with Gasteiger partial charge in [0, 0.05) is 29.5 Å². The Bertz CT molecular complexity index is 503. The number of nitrogens with zero attached hydrogens (tertiary/aromatic N) is 1. The van der Waals surface area contributed by atoms with Gasteiger partial charge in [0.2, 0.25) is 0 Å². The first-order chi connectivity index (χ1) is 6.79. The molecule has 0 radical (unpaired) electrons. The van der Waals surface area contributed by atoms with Crippen molar-refractivity contribution in [1.29, 1.82) is 0 Å². The fourth-order valence-electron chi connectivity index (χ4n) is 1.48. The summed E-state index contributed by atoms with van der Waals surface area (Å²) in [6.07, 6.45) is 1.51. The Balaban J connectivity index is 3.59. The molecule has 0 aromatic carbocycles. The molecule has 1 heterocycles. The quantitative estimate of drug-likeness (QED) is 0.820. The highest BCUT2D eigenvalue weighted by molar-refractivity contribution is 8.13. The zero-order chi connectivity index (χ0) is 11.8. The number of aromatic nitrogens is 1. The molecule has 0 spiro atoms. The summed E-state index contributed by atoms with van der Waals surface area (Å²) in [6.45, 7) is 1.67. The molecule has 0 aliphatic carbocycles. The van der Waals surface area contributed by atoms with Gasteiger partial charge in [-0.25, -0.2) is 13.2 Å². The number of hydrogen-bond donors (Lipinski definition) is 1. The second kappa shape index (κ2) is 3.86. The Labute approximate surface area is 91.7 Å². The van der Waals surface area contributed by atoms with Crippen molar-refractivity contribution in [1.82, 2.24) is 4.57 Å². The van der Waals surface area contributed by atoms with Crippen LogP contribution < -0.4 is 0 Å². The fourth-order valence-corrected chi connectivity index (χ4v) is 2.70. The van der Waals surface area contributed by atoms with Crippen molar-refractivity contribution in [2.75, 3.05) is 0 Å². The molecule has 0 aliphatic heterocycles. The first-order valence-electron chi connectivity index (χ1n) is 4.15. The number of carboxylic acid groups (broad SMARTS) is 1. The maximum absolute atomic E-state index is 11.2. The lowest BCUT2D eigenvalue weighted by Crippen LogP contribution is -2.06. The summed E-state index contributed by atoms with van der Waals surface area (Å²) in [5, 5.41) is 8.90. The van der Waals surface area contributed by atoms with E-state index in [1.807, 2.05) is 0 Å². The van der Waals surface area contributed by atoms with Gasteiger partial charge < -0.3 is 9.67 Å². The highest BCUT2D eigenvalue weighted by Gasteiger charge is 2.24. The fraction of sp³-hybridized carbons (Fsp3) is 0.375. The first kappa shape index (κ1) is 12.1. The Morgan fingerprint density at radius 1 is 1.60 bits per heavy atom. The second-order valence-corrected chi connectivity index (χ2v) is 5.56. The topological polar surface area (TPSA) is 76.4 Å². The molecule has 15 heavy (non-hydrogen) atoms. The molecule has 7 heteroatoms. The van der Waals surface area contributed by atoms with Gasteiger partial charge in [-0.15, -0.1) is 0 Å². The largest absolute Gasteiger partial charge is 0.477 e. The lowest BCUT2D eigenvalue weighted by Gasteiger charge is -2.00. The highest BCUT2D eigenvalue weighted by Crippen LogP contribution is 2.25. The van der Waals surface area contributed by atoms with E-state index < -0.39 is 15.0 Å².